The van der Waals surface area contributed by atoms with E-state index in [0.717, 1.165) is 11.1 Å². The number of Topliss-reactive ketones (excluding diaryl/α,β-unsaturated/α-hetero) is 2. The van der Waals surface area contributed by atoms with Gasteiger partial charge in [-0.25, -0.2) is 0 Å². The van der Waals surface area contributed by atoms with E-state index in [0.29, 0.717) is 16.0 Å². The lowest BCUT2D eigenvalue weighted by atomic mass is 9.81. The summed E-state index contributed by atoms with van der Waals surface area (Å²) < 4.78 is 0. The summed E-state index contributed by atoms with van der Waals surface area (Å²) in [6, 6.07) is 33.3. The maximum Gasteiger partial charge on any atom is 0.488 e. The molecule has 172 valence electrons. The van der Waals surface area contributed by atoms with E-state index in [1.807, 2.05) is 48.5 Å². The van der Waals surface area contributed by atoms with Gasteiger partial charge in [0.15, 0.2) is 11.6 Å². The van der Waals surface area contributed by atoms with Crippen LogP contribution in [0.5, 0.6) is 0 Å². The van der Waals surface area contributed by atoms with Crippen molar-refractivity contribution in [2.45, 2.75) is 13.8 Å². The van der Waals surface area contributed by atoms with Crippen LogP contribution in [0.25, 0.3) is 11.1 Å². The van der Waals surface area contributed by atoms with E-state index < -0.39 is 7.12 Å². The molecule has 0 heterocycles. The Balaban J connectivity index is 0.000000189. The molecule has 4 nitrogen and oxygen atoms in total. The van der Waals surface area contributed by atoms with Crippen LogP contribution in [-0.4, -0.2) is 28.7 Å². The number of hydrogen-bond acceptors (Lipinski definition) is 4. The van der Waals surface area contributed by atoms with Crippen molar-refractivity contribution in [3.63, 3.8) is 0 Å². The first-order chi connectivity index (χ1) is 16.3. The van der Waals surface area contributed by atoms with Gasteiger partial charge in [0.2, 0.25) is 0 Å². The molecule has 6 heteroatoms. The second-order valence-electron chi connectivity index (χ2n) is 7.35. The summed E-state index contributed by atoms with van der Waals surface area (Å²) in [6.45, 7) is 3.11. The minimum atomic E-state index is -1.34. The lowest BCUT2D eigenvalue weighted by molar-refractivity contribution is 0.100. The summed E-state index contributed by atoms with van der Waals surface area (Å²) in [4.78, 5) is 21.8. The van der Waals surface area contributed by atoms with Crippen LogP contribution in [0.3, 0.4) is 0 Å². The molecule has 0 saturated carbocycles. The SMILES string of the molecule is CC(=O)c1ccc(-c2ccccc2)cc1.CC(=O)c1ccc(Cl)cc1.OB(O)c1ccccc1. The van der Waals surface area contributed by atoms with E-state index in [4.69, 9.17) is 21.6 Å². The van der Waals surface area contributed by atoms with Crippen LogP contribution in [0.1, 0.15) is 34.6 Å². The van der Waals surface area contributed by atoms with Crippen molar-refractivity contribution >= 4 is 35.7 Å². The van der Waals surface area contributed by atoms with E-state index in [2.05, 4.69) is 12.1 Å². The van der Waals surface area contributed by atoms with Crippen molar-refractivity contribution < 1.29 is 19.6 Å². The van der Waals surface area contributed by atoms with Crippen molar-refractivity contribution in [3.05, 3.63) is 125 Å². The van der Waals surface area contributed by atoms with Crippen LogP contribution < -0.4 is 5.46 Å². The highest BCUT2D eigenvalue weighted by Crippen LogP contribution is 2.19. The molecule has 0 unspecified atom stereocenters. The third kappa shape index (κ3) is 9.16. The van der Waals surface area contributed by atoms with Gasteiger partial charge in [-0.1, -0.05) is 96.5 Å². The average molecular weight is 473 g/mol. The Hall–Kier alpha value is -3.51. The molecule has 0 aliphatic carbocycles. The summed E-state index contributed by atoms with van der Waals surface area (Å²) in [5.41, 5.74) is 4.30. The van der Waals surface area contributed by atoms with Crippen LogP contribution in [-0.2, 0) is 0 Å². The molecule has 0 amide bonds. The topological polar surface area (TPSA) is 74.6 Å². The quantitative estimate of drug-likeness (QED) is 0.305. The lowest BCUT2D eigenvalue weighted by Gasteiger charge is -2.01. The van der Waals surface area contributed by atoms with Crippen molar-refractivity contribution in [1.82, 2.24) is 0 Å². The van der Waals surface area contributed by atoms with Crippen molar-refractivity contribution in [2.75, 3.05) is 0 Å². The number of benzene rings is 4. The van der Waals surface area contributed by atoms with Gasteiger partial charge >= 0.3 is 7.12 Å². The van der Waals surface area contributed by atoms with Gasteiger partial charge in [-0.15, -0.1) is 0 Å². The molecule has 0 bridgehead atoms. The predicted molar refractivity (Wildman–Crippen MR) is 140 cm³/mol. The normalized spacial score (nSPS) is 9.56. The van der Waals surface area contributed by atoms with Gasteiger partial charge in [0.1, 0.15) is 0 Å². The molecule has 0 radical (unpaired) electrons. The zero-order valence-corrected chi connectivity index (χ0v) is 19.8. The maximum atomic E-state index is 11.1. The predicted octanol–water partition coefficient (Wildman–Crippen LogP) is 5.47. The van der Waals surface area contributed by atoms with Crippen LogP contribution in [0, 0.1) is 0 Å². The Morgan fingerprint density at radius 1 is 0.588 bits per heavy atom. The molecular weight excluding hydrogens is 447 g/mol. The van der Waals surface area contributed by atoms with Gasteiger partial charge in [-0.2, -0.15) is 0 Å². The number of carbonyl (C=O) groups is 2. The molecule has 34 heavy (non-hydrogen) atoms. The van der Waals surface area contributed by atoms with Crippen molar-refractivity contribution in [1.29, 1.82) is 0 Å². The summed E-state index contributed by atoms with van der Waals surface area (Å²) in [7, 11) is -1.34. The average Bonchev–Trinajstić information content (AvgIpc) is 2.86. The van der Waals surface area contributed by atoms with E-state index in [1.54, 1.807) is 55.5 Å². The molecule has 0 saturated heterocycles. The first kappa shape index (κ1) is 26.7. The highest BCUT2D eigenvalue weighted by atomic mass is 35.5. The molecule has 0 aliphatic rings. The molecule has 4 rings (SSSR count). The first-order valence-electron chi connectivity index (χ1n) is 10.6. The van der Waals surface area contributed by atoms with Crippen LogP contribution in [0.15, 0.2) is 109 Å². The summed E-state index contributed by atoms with van der Waals surface area (Å²) in [6.07, 6.45) is 0. The molecular formula is C28H26BClO4. The number of rotatable bonds is 4. The smallest absolute Gasteiger partial charge is 0.423 e. The lowest BCUT2D eigenvalue weighted by Crippen LogP contribution is -2.29. The Morgan fingerprint density at radius 2 is 0.971 bits per heavy atom. The Kier molecular flexibility index (Phi) is 10.9. The Labute approximate surface area is 205 Å². The van der Waals surface area contributed by atoms with Gasteiger partial charge in [-0.05, 0) is 54.7 Å². The summed E-state index contributed by atoms with van der Waals surface area (Å²) in [5.74, 6) is 0.172. The summed E-state index contributed by atoms with van der Waals surface area (Å²) in [5, 5.41) is 17.8. The Morgan fingerprint density at radius 3 is 1.35 bits per heavy atom. The van der Waals surface area contributed by atoms with Gasteiger partial charge < -0.3 is 10.0 Å². The van der Waals surface area contributed by atoms with Gasteiger partial charge in [0.05, 0.1) is 0 Å². The zero-order chi connectivity index (χ0) is 24.9. The molecule has 4 aromatic carbocycles. The third-order valence-electron chi connectivity index (χ3n) is 4.75. The number of halogens is 1. The molecule has 0 spiro atoms. The minimum Gasteiger partial charge on any atom is -0.423 e. The van der Waals surface area contributed by atoms with Gasteiger partial charge in [0, 0.05) is 16.1 Å². The van der Waals surface area contributed by atoms with Gasteiger partial charge in [-0.3, -0.25) is 9.59 Å². The van der Waals surface area contributed by atoms with Crippen molar-refractivity contribution in [2.24, 2.45) is 0 Å². The molecule has 0 atom stereocenters. The minimum absolute atomic E-state index is 0.0664. The third-order valence-corrected chi connectivity index (χ3v) is 5.00. The zero-order valence-electron chi connectivity index (χ0n) is 19.1. The highest BCUT2D eigenvalue weighted by molar-refractivity contribution is 6.58. The highest BCUT2D eigenvalue weighted by Gasteiger charge is 2.07. The first-order valence-corrected chi connectivity index (χ1v) is 11.0. The second-order valence-corrected chi connectivity index (χ2v) is 7.78. The number of carbonyl (C=O) groups excluding carboxylic acids is 2. The molecule has 2 N–H and O–H groups in total. The number of ketones is 2. The number of hydrogen-bond donors (Lipinski definition) is 2. The maximum absolute atomic E-state index is 11.1. The van der Waals surface area contributed by atoms with E-state index in [9.17, 15) is 9.59 Å². The fraction of sp³-hybridized carbons (Fsp3) is 0.0714. The second kappa shape index (κ2) is 13.9. The van der Waals surface area contributed by atoms with Crippen LogP contribution >= 0.6 is 11.6 Å². The molecule has 4 aromatic rings. The van der Waals surface area contributed by atoms with Gasteiger partial charge in [0.25, 0.3) is 0 Å². The molecule has 0 aromatic heterocycles. The summed E-state index contributed by atoms with van der Waals surface area (Å²) >= 11 is 5.61. The monoisotopic (exact) mass is 472 g/mol. The van der Waals surface area contributed by atoms with Crippen LogP contribution in [0.2, 0.25) is 5.02 Å². The largest absolute Gasteiger partial charge is 0.488 e. The molecule has 0 fully saturated rings. The van der Waals surface area contributed by atoms with E-state index >= 15 is 0 Å². The fourth-order valence-corrected chi connectivity index (χ4v) is 2.96. The van der Waals surface area contributed by atoms with Crippen LogP contribution in [0.4, 0.5) is 0 Å². The Bertz CT molecular complexity index is 1160. The van der Waals surface area contributed by atoms with E-state index in [1.165, 1.54) is 12.5 Å². The van der Waals surface area contributed by atoms with Crippen molar-refractivity contribution in [3.8, 4) is 11.1 Å². The standard InChI is InChI=1S/C14H12O.C8H7ClO.C6H7BO2/c1-11(15)12-7-9-14(10-8-12)13-5-3-2-4-6-13;1-6(10)7-2-4-8(9)5-3-7;8-7(9)6-4-2-1-3-5-6/h2-10H,1H3;2-5H,1H3;1-5,8-9H. The fourth-order valence-electron chi connectivity index (χ4n) is 2.84. The molecule has 0 aliphatic heterocycles. The van der Waals surface area contributed by atoms with E-state index in [-0.39, 0.29) is 11.6 Å².